The fourth-order valence-electron chi connectivity index (χ4n) is 3.47. The van der Waals surface area contributed by atoms with Gasteiger partial charge < -0.3 is 30.3 Å². The fourth-order valence-corrected chi connectivity index (χ4v) is 3.47. The third-order valence-electron chi connectivity index (χ3n) is 5.16. The predicted octanol–water partition coefficient (Wildman–Crippen LogP) is 2.99. The van der Waals surface area contributed by atoms with E-state index < -0.39 is 0 Å². The largest absolute Gasteiger partial charge is 0.497 e. The Morgan fingerprint density at radius 1 is 1.00 bits per heavy atom. The number of urea groups is 1. The summed E-state index contributed by atoms with van der Waals surface area (Å²) in [4.78, 5) is 27.2. The maximum absolute atomic E-state index is 12.7. The smallest absolute Gasteiger partial charge is 0.319 e. The van der Waals surface area contributed by atoms with Gasteiger partial charge in [-0.05, 0) is 48.7 Å². The first-order valence-electron chi connectivity index (χ1n) is 10.4. The van der Waals surface area contributed by atoms with Gasteiger partial charge in [-0.2, -0.15) is 0 Å². The molecule has 8 nitrogen and oxygen atoms in total. The van der Waals surface area contributed by atoms with Crippen LogP contribution in [0.25, 0.3) is 0 Å². The Hall–Kier alpha value is -3.26. The number of hydrogen-bond acceptors (Lipinski definition) is 5. The van der Waals surface area contributed by atoms with E-state index in [1.807, 2.05) is 30.3 Å². The van der Waals surface area contributed by atoms with Crippen LogP contribution in [-0.2, 0) is 11.3 Å². The zero-order valence-electron chi connectivity index (χ0n) is 18.1. The lowest BCUT2D eigenvalue weighted by molar-refractivity contribution is 0.0951. The third kappa shape index (κ3) is 6.36. The molecule has 2 aromatic carbocycles. The van der Waals surface area contributed by atoms with Gasteiger partial charge in [-0.25, -0.2) is 4.79 Å². The maximum Gasteiger partial charge on any atom is 0.319 e. The summed E-state index contributed by atoms with van der Waals surface area (Å²) in [7, 11) is 3.20. The number of ether oxygens (including phenoxy) is 2. The molecule has 0 aromatic heterocycles. The summed E-state index contributed by atoms with van der Waals surface area (Å²) in [5, 5.41) is 8.56. The monoisotopic (exact) mass is 426 g/mol. The summed E-state index contributed by atoms with van der Waals surface area (Å²) >= 11 is 0. The van der Waals surface area contributed by atoms with Crippen LogP contribution < -0.4 is 25.6 Å². The second-order valence-electron chi connectivity index (χ2n) is 7.33. The van der Waals surface area contributed by atoms with Crippen LogP contribution in [0.3, 0.4) is 0 Å². The summed E-state index contributed by atoms with van der Waals surface area (Å²) in [6, 6.07) is 12.6. The minimum Gasteiger partial charge on any atom is -0.497 e. The lowest BCUT2D eigenvalue weighted by Gasteiger charge is -2.22. The fraction of sp³-hybridized carbons (Fsp3) is 0.391. The molecule has 0 spiro atoms. The van der Waals surface area contributed by atoms with Gasteiger partial charge in [0, 0.05) is 38.9 Å². The van der Waals surface area contributed by atoms with Crippen molar-refractivity contribution in [2.24, 2.45) is 0 Å². The quantitative estimate of drug-likeness (QED) is 0.536. The molecular weight excluding hydrogens is 396 g/mol. The van der Waals surface area contributed by atoms with Crippen LogP contribution in [0.2, 0.25) is 0 Å². The van der Waals surface area contributed by atoms with Crippen LogP contribution in [0.4, 0.5) is 16.2 Å². The molecule has 0 bridgehead atoms. The second-order valence-corrected chi connectivity index (χ2v) is 7.33. The summed E-state index contributed by atoms with van der Waals surface area (Å²) in [6.07, 6.45) is 2.23. The van der Waals surface area contributed by atoms with Crippen molar-refractivity contribution in [3.8, 4) is 5.75 Å². The lowest BCUT2D eigenvalue weighted by atomic mass is 10.1. The Labute approximate surface area is 182 Å². The molecule has 166 valence electrons. The molecule has 1 aliphatic rings. The molecule has 0 radical (unpaired) electrons. The Morgan fingerprint density at radius 2 is 1.74 bits per heavy atom. The minimum atomic E-state index is -0.326. The number of anilines is 2. The molecular formula is C23H30N4O4. The molecule has 0 aliphatic carbocycles. The van der Waals surface area contributed by atoms with Gasteiger partial charge in [0.05, 0.1) is 25.1 Å². The zero-order valence-corrected chi connectivity index (χ0v) is 18.1. The van der Waals surface area contributed by atoms with Gasteiger partial charge in [-0.1, -0.05) is 12.1 Å². The number of nitrogens with zero attached hydrogens (tertiary/aromatic N) is 1. The van der Waals surface area contributed by atoms with Crippen molar-refractivity contribution in [1.82, 2.24) is 10.6 Å². The highest BCUT2D eigenvalue weighted by Gasteiger charge is 2.19. The van der Waals surface area contributed by atoms with E-state index in [1.165, 1.54) is 0 Å². The Kier molecular flexibility index (Phi) is 8.12. The molecule has 31 heavy (non-hydrogen) atoms. The molecule has 1 fully saturated rings. The maximum atomic E-state index is 12.7. The summed E-state index contributed by atoms with van der Waals surface area (Å²) in [5.41, 5.74) is 3.00. The van der Waals surface area contributed by atoms with E-state index >= 15 is 0 Å². The van der Waals surface area contributed by atoms with Crippen molar-refractivity contribution in [2.75, 3.05) is 50.7 Å². The number of benzene rings is 2. The molecule has 0 atom stereocenters. The van der Waals surface area contributed by atoms with Crippen molar-refractivity contribution in [1.29, 1.82) is 0 Å². The van der Waals surface area contributed by atoms with Gasteiger partial charge in [0.25, 0.3) is 5.91 Å². The average molecular weight is 427 g/mol. The topological polar surface area (TPSA) is 91.9 Å². The van der Waals surface area contributed by atoms with Gasteiger partial charge >= 0.3 is 6.03 Å². The van der Waals surface area contributed by atoms with Crippen molar-refractivity contribution >= 4 is 23.3 Å². The SMILES string of the molecule is COCCNC(=O)Nc1cc(C(=O)NCc2ccc(OC)cc2)ccc1N1CCCC1. The number of hydrogen-bond donors (Lipinski definition) is 3. The number of amides is 3. The Morgan fingerprint density at radius 3 is 2.42 bits per heavy atom. The summed E-state index contributed by atoms with van der Waals surface area (Å²) < 4.78 is 10.1. The molecule has 0 unspecified atom stereocenters. The standard InChI is InChI=1S/C23H30N4O4/c1-30-14-11-24-23(29)26-20-15-18(7-10-21(20)27-12-3-4-13-27)22(28)25-16-17-5-8-19(31-2)9-6-17/h5-10,15H,3-4,11-14,16H2,1-2H3,(H,25,28)(H2,24,26,29). The molecule has 1 saturated heterocycles. The third-order valence-corrected chi connectivity index (χ3v) is 5.16. The molecule has 8 heteroatoms. The second kappa shape index (κ2) is 11.2. The number of nitrogens with one attached hydrogen (secondary N) is 3. The molecule has 3 amide bonds. The van der Waals surface area contributed by atoms with E-state index in [2.05, 4.69) is 20.9 Å². The van der Waals surface area contributed by atoms with Gasteiger partial charge in [0.1, 0.15) is 5.75 Å². The van der Waals surface area contributed by atoms with Crippen LogP contribution in [0.1, 0.15) is 28.8 Å². The van der Waals surface area contributed by atoms with Gasteiger partial charge in [-0.15, -0.1) is 0 Å². The first-order valence-corrected chi connectivity index (χ1v) is 10.4. The Balaban J connectivity index is 1.70. The van der Waals surface area contributed by atoms with Crippen LogP contribution in [0.15, 0.2) is 42.5 Å². The molecule has 3 rings (SSSR count). The highest BCUT2D eigenvalue weighted by atomic mass is 16.5. The molecule has 0 saturated carbocycles. The molecule has 1 aliphatic heterocycles. The van der Waals surface area contributed by atoms with Gasteiger partial charge in [-0.3, -0.25) is 4.79 Å². The summed E-state index contributed by atoms with van der Waals surface area (Å²) in [5.74, 6) is 0.568. The van der Waals surface area contributed by atoms with Crippen LogP contribution in [-0.4, -0.2) is 52.4 Å². The lowest BCUT2D eigenvalue weighted by Crippen LogP contribution is -2.32. The van der Waals surface area contributed by atoms with E-state index in [1.54, 1.807) is 26.4 Å². The van der Waals surface area contributed by atoms with Crippen LogP contribution in [0.5, 0.6) is 5.75 Å². The van der Waals surface area contributed by atoms with Crippen molar-refractivity contribution < 1.29 is 19.1 Å². The Bertz CT molecular complexity index is 880. The first kappa shape index (κ1) is 22.4. The van der Waals surface area contributed by atoms with E-state index in [0.717, 1.165) is 42.9 Å². The number of carbonyl (C=O) groups is 2. The van der Waals surface area contributed by atoms with E-state index in [0.29, 0.717) is 30.9 Å². The average Bonchev–Trinajstić information content (AvgIpc) is 3.32. The number of carbonyl (C=O) groups excluding carboxylic acids is 2. The molecule has 2 aromatic rings. The minimum absolute atomic E-state index is 0.202. The zero-order chi connectivity index (χ0) is 22.1. The highest BCUT2D eigenvalue weighted by Crippen LogP contribution is 2.30. The normalized spacial score (nSPS) is 13.0. The number of rotatable bonds is 9. The van der Waals surface area contributed by atoms with E-state index in [4.69, 9.17) is 9.47 Å². The van der Waals surface area contributed by atoms with Crippen molar-refractivity contribution in [3.63, 3.8) is 0 Å². The molecule has 3 N–H and O–H groups in total. The van der Waals surface area contributed by atoms with Crippen molar-refractivity contribution in [2.45, 2.75) is 19.4 Å². The number of methoxy groups -OCH3 is 2. The first-order chi connectivity index (χ1) is 15.1. The van der Waals surface area contributed by atoms with E-state index in [-0.39, 0.29) is 11.9 Å². The van der Waals surface area contributed by atoms with Crippen LogP contribution in [0, 0.1) is 0 Å². The van der Waals surface area contributed by atoms with Gasteiger partial charge in [0.2, 0.25) is 0 Å². The summed E-state index contributed by atoms with van der Waals surface area (Å²) in [6.45, 7) is 3.10. The molecule has 1 heterocycles. The van der Waals surface area contributed by atoms with Crippen LogP contribution >= 0.6 is 0 Å². The predicted molar refractivity (Wildman–Crippen MR) is 121 cm³/mol. The van der Waals surface area contributed by atoms with Crippen molar-refractivity contribution in [3.05, 3.63) is 53.6 Å². The van der Waals surface area contributed by atoms with Gasteiger partial charge in [0.15, 0.2) is 0 Å². The highest BCUT2D eigenvalue weighted by molar-refractivity contribution is 5.99. The van der Waals surface area contributed by atoms with E-state index in [9.17, 15) is 9.59 Å².